The van der Waals surface area contributed by atoms with Crippen LogP contribution in [0.15, 0.2) is 36.4 Å². The molecule has 0 bridgehead atoms. The van der Waals surface area contributed by atoms with E-state index in [4.69, 9.17) is 29.6 Å². The predicted molar refractivity (Wildman–Crippen MR) is 71.0 cm³/mol. The Kier molecular flexibility index (Phi) is 12.6. The van der Waals surface area contributed by atoms with E-state index in [0.717, 1.165) is 5.56 Å². The van der Waals surface area contributed by atoms with Crippen LogP contribution in [0.1, 0.15) is 5.56 Å². The molecule has 0 aliphatic carbocycles. The Morgan fingerprint density at radius 1 is 1.25 bits per heavy atom. The topological polar surface area (TPSA) is 31.5 Å². The van der Waals surface area contributed by atoms with Crippen LogP contribution >= 0.6 is 20.0 Å². The minimum absolute atomic E-state index is 0.0513. The summed E-state index contributed by atoms with van der Waals surface area (Å²) >= 11 is -0.556. The van der Waals surface area contributed by atoms with E-state index in [1.807, 2.05) is 42.5 Å². The van der Waals surface area contributed by atoms with Crippen LogP contribution < -0.4 is 0 Å². The van der Waals surface area contributed by atoms with E-state index in [0.29, 0.717) is 6.61 Å². The number of benzene rings is 1. The SMILES string of the molecule is OCC[O+]=C/C=C/c1ccccc1.[Cl][Ge][Cl]. The van der Waals surface area contributed by atoms with Gasteiger partial charge in [0.1, 0.15) is 6.61 Å². The van der Waals surface area contributed by atoms with Gasteiger partial charge in [0.05, 0.1) is 0 Å². The van der Waals surface area contributed by atoms with Gasteiger partial charge >= 0.3 is 39.9 Å². The van der Waals surface area contributed by atoms with E-state index in [1.165, 1.54) is 0 Å². The summed E-state index contributed by atoms with van der Waals surface area (Å²) in [7, 11) is 9.78. The van der Waals surface area contributed by atoms with Gasteiger partial charge in [-0.15, -0.1) is 0 Å². The average Bonchev–Trinajstić information content (AvgIpc) is 2.31. The Bertz CT molecular complexity index is 302. The van der Waals surface area contributed by atoms with E-state index in [1.54, 1.807) is 6.29 Å². The van der Waals surface area contributed by atoms with Gasteiger partial charge in [-0.3, -0.25) is 4.42 Å². The number of aliphatic hydroxyl groups is 1. The number of rotatable bonds is 4. The average molecular weight is 321 g/mol. The summed E-state index contributed by atoms with van der Waals surface area (Å²) in [6, 6.07) is 9.96. The van der Waals surface area contributed by atoms with Gasteiger partial charge < -0.3 is 5.11 Å². The Hall–Kier alpha value is -0.287. The summed E-state index contributed by atoms with van der Waals surface area (Å²) in [5.41, 5.74) is 1.13. The first kappa shape index (κ1) is 15.7. The molecule has 0 fully saturated rings. The first-order valence-electron chi connectivity index (χ1n) is 4.58. The van der Waals surface area contributed by atoms with E-state index < -0.39 is 13.6 Å². The summed E-state index contributed by atoms with van der Waals surface area (Å²) in [5.74, 6) is 0. The van der Waals surface area contributed by atoms with Crippen LogP contribution in [-0.2, 0) is 4.42 Å². The van der Waals surface area contributed by atoms with Crippen molar-refractivity contribution < 1.29 is 9.53 Å². The number of allylic oxidation sites excluding steroid dienone is 1. The van der Waals surface area contributed by atoms with Crippen molar-refractivity contribution in [2.24, 2.45) is 0 Å². The van der Waals surface area contributed by atoms with Gasteiger partial charge in [0.2, 0.25) is 0 Å². The zero-order valence-electron chi connectivity index (χ0n) is 8.64. The Labute approximate surface area is 110 Å². The van der Waals surface area contributed by atoms with Gasteiger partial charge in [-0.1, -0.05) is 30.3 Å². The molecule has 16 heavy (non-hydrogen) atoms. The van der Waals surface area contributed by atoms with Crippen LogP contribution in [0.4, 0.5) is 0 Å². The molecule has 2 radical (unpaired) electrons. The predicted octanol–water partition coefficient (Wildman–Crippen LogP) is 2.42. The van der Waals surface area contributed by atoms with Gasteiger partial charge in [-0.05, 0) is 11.6 Å². The molecule has 1 rings (SSSR count). The Morgan fingerprint density at radius 3 is 2.44 bits per heavy atom. The maximum absolute atomic E-state index is 8.41. The van der Waals surface area contributed by atoms with Crippen molar-refractivity contribution in [2.45, 2.75) is 0 Å². The molecule has 0 amide bonds. The first-order valence-corrected chi connectivity index (χ1v) is 10.1. The molecule has 0 atom stereocenters. The standard InChI is InChI=1S/C11H13O2.Cl2Ge/c12-8-10-13-9-4-7-11-5-2-1-3-6-11;1-3-2/h1-7,9,12H,8,10H2;/q+1;/b7-4+;. The molecule has 2 nitrogen and oxygen atoms in total. The molecule has 0 aliphatic heterocycles. The van der Waals surface area contributed by atoms with Gasteiger partial charge in [-0.25, -0.2) is 0 Å². The summed E-state index contributed by atoms with van der Waals surface area (Å²) < 4.78 is 4.94. The zero-order valence-corrected chi connectivity index (χ0v) is 12.3. The number of carbonyl (C=O) groups excluding carboxylic acids is 1. The molecule has 0 aliphatic rings. The van der Waals surface area contributed by atoms with Crippen LogP contribution in [0.25, 0.3) is 6.08 Å². The number of hydrogen-bond acceptors (Lipinski definition) is 1. The molecule has 0 unspecified atom stereocenters. The van der Waals surface area contributed by atoms with Crippen molar-refractivity contribution in [3.05, 3.63) is 42.0 Å². The quantitative estimate of drug-likeness (QED) is 0.393. The molecule has 0 aromatic heterocycles. The molecule has 1 aromatic rings. The van der Waals surface area contributed by atoms with E-state index in [-0.39, 0.29) is 6.61 Å². The van der Waals surface area contributed by atoms with Gasteiger partial charge in [0.15, 0.2) is 0 Å². The van der Waals surface area contributed by atoms with Crippen molar-refractivity contribution in [3.63, 3.8) is 0 Å². The van der Waals surface area contributed by atoms with Crippen molar-refractivity contribution in [2.75, 3.05) is 13.2 Å². The molecular weight excluding hydrogens is 308 g/mol. The summed E-state index contributed by atoms with van der Waals surface area (Å²) in [4.78, 5) is 0. The fourth-order valence-electron chi connectivity index (χ4n) is 0.891. The second-order valence-corrected chi connectivity index (χ2v) is 5.84. The fraction of sp³-hybridized carbons (Fsp3) is 0.182. The molecule has 5 heteroatoms. The second kappa shape index (κ2) is 12.8. The third-order valence-electron chi connectivity index (χ3n) is 1.47. The third-order valence-corrected chi connectivity index (χ3v) is 1.47. The number of hydrogen-bond donors (Lipinski definition) is 1. The van der Waals surface area contributed by atoms with Crippen LogP contribution in [-0.4, -0.2) is 38.2 Å². The third kappa shape index (κ3) is 10.2. The normalized spacial score (nSPS) is 10.4. The summed E-state index contributed by atoms with van der Waals surface area (Å²) in [6.07, 6.45) is 5.32. The molecule has 0 saturated heterocycles. The molecule has 0 heterocycles. The molecule has 0 spiro atoms. The molecule has 0 saturated carbocycles. The minimum atomic E-state index is -0.556. The first-order chi connectivity index (χ1) is 7.85. The summed E-state index contributed by atoms with van der Waals surface area (Å²) in [5, 5.41) is 8.41. The van der Waals surface area contributed by atoms with Crippen LogP contribution in [0.5, 0.6) is 0 Å². The second-order valence-electron chi connectivity index (χ2n) is 2.57. The Morgan fingerprint density at radius 2 is 1.88 bits per heavy atom. The monoisotopic (exact) mass is 321 g/mol. The van der Waals surface area contributed by atoms with Crippen LogP contribution in [0.2, 0.25) is 0 Å². The van der Waals surface area contributed by atoms with E-state index >= 15 is 0 Å². The molecular formula is C11H13Cl2GeO2+. The fourth-order valence-corrected chi connectivity index (χ4v) is 0.891. The van der Waals surface area contributed by atoms with Gasteiger partial charge in [0, 0.05) is 6.08 Å². The number of halogens is 2. The molecule has 86 valence electrons. The van der Waals surface area contributed by atoms with Gasteiger partial charge in [0.25, 0.3) is 6.61 Å². The van der Waals surface area contributed by atoms with E-state index in [9.17, 15) is 0 Å². The summed E-state index contributed by atoms with van der Waals surface area (Å²) in [6.45, 7) is 0.398. The van der Waals surface area contributed by atoms with E-state index in [2.05, 4.69) is 0 Å². The van der Waals surface area contributed by atoms with Crippen molar-refractivity contribution in [3.8, 4) is 0 Å². The van der Waals surface area contributed by atoms with Crippen LogP contribution in [0.3, 0.4) is 0 Å². The Balaban J connectivity index is 0.000000673. The number of aliphatic hydroxyl groups excluding tert-OH is 1. The van der Waals surface area contributed by atoms with Crippen molar-refractivity contribution in [1.29, 1.82) is 0 Å². The van der Waals surface area contributed by atoms with Crippen molar-refractivity contribution in [1.82, 2.24) is 0 Å². The molecule has 1 aromatic carbocycles. The zero-order chi connectivity index (χ0) is 12.1. The van der Waals surface area contributed by atoms with Gasteiger partial charge in [-0.2, -0.15) is 0 Å². The number of aldehydes is 1. The van der Waals surface area contributed by atoms with Crippen molar-refractivity contribution >= 4 is 46.0 Å². The maximum atomic E-state index is 8.41. The van der Waals surface area contributed by atoms with Crippen LogP contribution in [0, 0.1) is 0 Å². The molecule has 1 N–H and O–H groups in total.